The lowest BCUT2D eigenvalue weighted by molar-refractivity contribution is -0.122. The van der Waals surface area contributed by atoms with E-state index in [0.717, 1.165) is 28.5 Å². The van der Waals surface area contributed by atoms with Crippen LogP contribution >= 0.6 is 11.8 Å². The van der Waals surface area contributed by atoms with Crippen molar-refractivity contribution >= 4 is 29.0 Å². The maximum Gasteiger partial charge on any atom is 0.293 e. The summed E-state index contributed by atoms with van der Waals surface area (Å²) in [4.78, 5) is 25.9. The first-order valence-corrected chi connectivity index (χ1v) is 9.31. The van der Waals surface area contributed by atoms with Gasteiger partial charge in [0.15, 0.2) is 0 Å². The fourth-order valence-corrected chi connectivity index (χ4v) is 3.71. The topological polar surface area (TPSA) is 57.6 Å². The molecule has 0 unspecified atom stereocenters. The molecule has 1 aromatic carbocycles. The number of nitrogens with zero attached hydrogens (tertiary/aromatic N) is 1. The van der Waals surface area contributed by atoms with E-state index >= 15 is 0 Å². The Kier molecular flexibility index (Phi) is 5.11. The monoisotopic (exact) mass is 361 g/mol. The molecule has 0 saturated carbocycles. The first-order valence-electron chi connectivity index (χ1n) is 8.49. The first kappa shape index (κ1) is 19.6. The molecule has 0 bridgehead atoms. The first-order chi connectivity index (χ1) is 11.4. The van der Waals surface area contributed by atoms with Crippen molar-refractivity contribution in [2.24, 2.45) is 0 Å². The lowest BCUT2D eigenvalue weighted by Gasteiger charge is -2.28. The molecule has 1 heterocycles. The van der Waals surface area contributed by atoms with Crippen molar-refractivity contribution in [1.82, 2.24) is 4.90 Å². The molecule has 1 aliphatic heterocycles. The third-order valence-electron chi connectivity index (χ3n) is 4.24. The summed E-state index contributed by atoms with van der Waals surface area (Å²) in [7, 11) is 0. The lowest BCUT2D eigenvalue weighted by Crippen LogP contribution is -2.27. The summed E-state index contributed by atoms with van der Waals surface area (Å²) >= 11 is 0.968. The van der Waals surface area contributed by atoms with Crippen LogP contribution in [0.25, 0.3) is 6.08 Å². The number of thioether (sulfide) groups is 1. The SMILES string of the molecule is CCN1C(=O)S/C(=C/c2cc(C(C)(C)C)c(O)c(C(C)(C)C)c2)C1=O. The molecule has 136 valence electrons. The number of phenols is 1. The molecule has 0 spiro atoms. The summed E-state index contributed by atoms with van der Waals surface area (Å²) < 4.78 is 0. The van der Waals surface area contributed by atoms with Gasteiger partial charge in [0.05, 0.1) is 4.91 Å². The smallest absolute Gasteiger partial charge is 0.293 e. The Morgan fingerprint density at radius 1 is 1.04 bits per heavy atom. The largest absolute Gasteiger partial charge is 0.507 e. The Balaban J connectivity index is 2.62. The molecule has 0 aliphatic carbocycles. The molecule has 2 amide bonds. The number of benzene rings is 1. The summed E-state index contributed by atoms with van der Waals surface area (Å²) in [6, 6.07) is 3.81. The summed E-state index contributed by atoms with van der Waals surface area (Å²) in [5.41, 5.74) is 2.02. The Hall–Kier alpha value is -1.75. The third-order valence-corrected chi connectivity index (χ3v) is 5.14. The van der Waals surface area contributed by atoms with Crippen LogP contribution in [0.4, 0.5) is 4.79 Å². The highest BCUT2D eigenvalue weighted by Crippen LogP contribution is 2.41. The van der Waals surface area contributed by atoms with Crippen molar-refractivity contribution in [2.75, 3.05) is 6.54 Å². The van der Waals surface area contributed by atoms with E-state index in [4.69, 9.17) is 0 Å². The van der Waals surface area contributed by atoms with Gasteiger partial charge in [-0.1, -0.05) is 41.5 Å². The summed E-state index contributed by atoms with van der Waals surface area (Å²) in [5.74, 6) is 0.0546. The van der Waals surface area contributed by atoms with Crippen molar-refractivity contribution in [1.29, 1.82) is 0 Å². The van der Waals surface area contributed by atoms with Gasteiger partial charge in [0.1, 0.15) is 5.75 Å². The zero-order valence-electron chi connectivity index (χ0n) is 16.1. The number of carbonyl (C=O) groups excluding carboxylic acids is 2. The number of rotatable bonds is 2. The van der Waals surface area contributed by atoms with Crippen LogP contribution in [-0.2, 0) is 15.6 Å². The Morgan fingerprint density at radius 2 is 1.52 bits per heavy atom. The normalized spacial score (nSPS) is 17.7. The molecule has 0 aromatic heterocycles. The van der Waals surface area contributed by atoms with Crippen molar-refractivity contribution in [3.05, 3.63) is 33.7 Å². The molecule has 1 aliphatic rings. The molecule has 1 saturated heterocycles. The lowest BCUT2D eigenvalue weighted by atomic mass is 9.78. The molecular formula is C20H27NO3S. The van der Waals surface area contributed by atoms with Crippen molar-refractivity contribution < 1.29 is 14.7 Å². The minimum Gasteiger partial charge on any atom is -0.507 e. The van der Waals surface area contributed by atoms with E-state index in [1.54, 1.807) is 13.0 Å². The van der Waals surface area contributed by atoms with Gasteiger partial charge in [-0.05, 0) is 53.3 Å². The second kappa shape index (κ2) is 6.52. The Morgan fingerprint density at radius 3 is 1.88 bits per heavy atom. The fourth-order valence-electron chi connectivity index (χ4n) is 2.81. The van der Waals surface area contributed by atoms with E-state index in [-0.39, 0.29) is 22.0 Å². The van der Waals surface area contributed by atoms with Crippen LogP contribution in [0.2, 0.25) is 0 Å². The van der Waals surface area contributed by atoms with E-state index in [0.29, 0.717) is 17.2 Å². The van der Waals surface area contributed by atoms with E-state index < -0.39 is 0 Å². The molecule has 1 N–H and O–H groups in total. The highest BCUT2D eigenvalue weighted by Gasteiger charge is 2.34. The maximum atomic E-state index is 12.3. The molecule has 5 heteroatoms. The van der Waals surface area contributed by atoms with Crippen LogP contribution in [0.5, 0.6) is 5.75 Å². The molecule has 4 nitrogen and oxygen atoms in total. The maximum absolute atomic E-state index is 12.3. The van der Waals surface area contributed by atoms with Gasteiger partial charge in [-0.3, -0.25) is 14.5 Å². The molecule has 0 radical (unpaired) electrons. The predicted molar refractivity (Wildman–Crippen MR) is 104 cm³/mol. The third kappa shape index (κ3) is 3.92. The molecule has 0 atom stereocenters. The number of carbonyl (C=O) groups is 2. The number of hydrogen-bond donors (Lipinski definition) is 1. The second-order valence-electron chi connectivity index (χ2n) is 8.39. The van der Waals surface area contributed by atoms with E-state index in [1.165, 1.54) is 4.90 Å². The van der Waals surface area contributed by atoms with E-state index in [2.05, 4.69) is 0 Å². The summed E-state index contributed by atoms with van der Waals surface area (Å²) in [6.45, 7) is 14.4. The highest BCUT2D eigenvalue weighted by atomic mass is 32.2. The standard InChI is InChI=1S/C20H27NO3S/c1-8-21-17(23)15(25-18(21)24)11-12-9-13(19(2,3)4)16(22)14(10-12)20(5,6)7/h9-11,22H,8H2,1-7H3/b15-11+. The fraction of sp³-hybridized carbons (Fsp3) is 0.500. The number of imide groups is 1. The molecule has 2 rings (SSSR count). The van der Waals surface area contributed by atoms with Crippen molar-refractivity contribution in [3.63, 3.8) is 0 Å². The second-order valence-corrected chi connectivity index (χ2v) is 9.38. The van der Waals surface area contributed by atoms with Crippen LogP contribution in [0.15, 0.2) is 17.0 Å². The number of hydrogen-bond acceptors (Lipinski definition) is 4. The van der Waals surface area contributed by atoms with Gasteiger partial charge in [0.25, 0.3) is 11.1 Å². The number of likely N-dealkylation sites (N-methyl/N-ethyl adjacent to an activating group) is 1. The molecule has 1 fully saturated rings. The minimum absolute atomic E-state index is 0.232. The number of amides is 2. The quantitative estimate of drug-likeness (QED) is 0.750. The zero-order valence-corrected chi connectivity index (χ0v) is 16.9. The van der Waals surface area contributed by atoms with Gasteiger partial charge in [0.2, 0.25) is 0 Å². The minimum atomic E-state index is -0.250. The van der Waals surface area contributed by atoms with Gasteiger partial charge in [0, 0.05) is 17.7 Å². The average molecular weight is 362 g/mol. The van der Waals surface area contributed by atoms with E-state index in [1.807, 2.05) is 53.7 Å². The van der Waals surface area contributed by atoms with Gasteiger partial charge in [-0.2, -0.15) is 0 Å². The van der Waals surface area contributed by atoms with Gasteiger partial charge >= 0.3 is 0 Å². The van der Waals surface area contributed by atoms with Crippen LogP contribution in [0.1, 0.15) is 65.2 Å². The van der Waals surface area contributed by atoms with E-state index in [9.17, 15) is 14.7 Å². The Bertz CT molecular complexity index is 716. The Labute approximate surface area is 154 Å². The van der Waals surface area contributed by atoms with Gasteiger partial charge < -0.3 is 5.11 Å². The highest BCUT2D eigenvalue weighted by molar-refractivity contribution is 8.18. The zero-order chi connectivity index (χ0) is 19.2. The van der Waals surface area contributed by atoms with Gasteiger partial charge in [-0.25, -0.2) is 0 Å². The number of aromatic hydroxyl groups is 1. The van der Waals surface area contributed by atoms with Crippen molar-refractivity contribution in [2.45, 2.75) is 59.3 Å². The van der Waals surface area contributed by atoms with Crippen LogP contribution in [0, 0.1) is 0 Å². The van der Waals surface area contributed by atoms with Gasteiger partial charge in [-0.15, -0.1) is 0 Å². The summed E-state index contributed by atoms with van der Waals surface area (Å²) in [6.07, 6.45) is 1.75. The predicted octanol–water partition coefficient (Wildman–Crippen LogP) is 5.04. The van der Waals surface area contributed by atoms with Crippen LogP contribution in [0.3, 0.4) is 0 Å². The van der Waals surface area contributed by atoms with Crippen molar-refractivity contribution in [3.8, 4) is 5.75 Å². The molecule has 1 aromatic rings. The summed E-state index contributed by atoms with van der Waals surface area (Å²) in [5, 5.41) is 10.5. The molecule has 25 heavy (non-hydrogen) atoms. The molecular weight excluding hydrogens is 334 g/mol. The number of phenolic OH excluding ortho intramolecular Hbond substituents is 1. The van der Waals surface area contributed by atoms with Crippen LogP contribution in [-0.4, -0.2) is 27.7 Å². The van der Waals surface area contributed by atoms with Crippen LogP contribution < -0.4 is 0 Å². The average Bonchev–Trinajstić information content (AvgIpc) is 2.72.